The first-order valence-corrected chi connectivity index (χ1v) is 7.18. The molecule has 0 atom stereocenters. The van der Waals surface area contributed by atoms with Crippen molar-refractivity contribution in [1.82, 2.24) is 0 Å². The number of carbonyl (C=O) groups excluding carboxylic acids is 3. The number of carbonyl (C=O) groups is 3. The molecule has 0 saturated carbocycles. The molecule has 0 aromatic heterocycles. The predicted octanol–water partition coefficient (Wildman–Crippen LogP) is 3.24. The van der Waals surface area contributed by atoms with Gasteiger partial charge in [-0.25, -0.2) is 0 Å². The van der Waals surface area contributed by atoms with Crippen molar-refractivity contribution in [2.24, 2.45) is 0 Å². The summed E-state index contributed by atoms with van der Waals surface area (Å²) in [6, 6.07) is 11.3. The van der Waals surface area contributed by atoms with Gasteiger partial charge in [0.2, 0.25) is 0 Å². The van der Waals surface area contributed by atoms with E-state index in [4.69, 9.17) is 0 Å². The highest BCUT2D eigenvalue weighted by molar-refractivity contribution is 6.26. The molecule has 0 spiro atoms. The highest BCUT2D eigenvalue weighted by atomic mass is 16.2. The number of ketones is 3. The number of hydrogen-bond acceptors (Lipinski definition) is 3. The van der Waals surface area contributed by atoms with Crippen LogP contribution in [0.15, 0.2) is 42.0 Å². The second-order valence-electron chi connectivity index (χ2n) is 5.73. The molecule has 0 heterocycles. The van der Waals surface area contributed by atoms with Gasteiger partial charge in [-0.3, -0.25) is 14.4 Å². The molecule has 3 heteroatoms. The van der Waals surface area contributed by atoms with Crippen molar-refractivity contribution in [3.8, 4) is 0 Å². The number of benzene rings is 2. The van der Waals surface area contributed by atoms with Crippen LogP contribution in [0.4, 0.5) is 0 Å². The lowest BCUT2D eigenvalue weighted by molar-refractivity contribution is -0.132. The van der Waals surface area contributed by atoms with Gasteiger partial charge in [0.05, 0.1) is 0 Å². The van der Waals surface area contributed by atoms with Crippen LogP contribution in [0.2, 0.25) is 0 Å². The zero-order valence-corrected chi connectivity index (χ0v) is 12.8. The van der Waals surface area contributed by atoms with E-state index >= 15 is 0 Å². The normalized spacial score (nSPS) is 15.3. The Morgan fingerprint density at radius 2 is 1.45 bits per heavy atom. The van der Waals surface area contributed by atoms with E-state index in [1.54, 1.807) is 12.1 Å². The predicted molar refractivity (Wildman–Crippen MR) is 85.6 cm³/mol. The van der Waals surface area contributed by atoms with Crippen molar-refractivity contribution in [3.63, 3.8) is 0 Å². The Kier molecular flexibility index (Phi) is 3.10. The van der Waals surface area contributed by atoms with Crippen molar-refractivity contribution >= 4 is 34.2 Å². The molecule has 0 aliphatic heterocycles. The van der Waals surface area contributed by atoms with Crippen LogP contribution in [0.1, 0.15) is 31.9 Å². The van der Waals surface area contributed by atoms with Crippen LogP contribution >= 0.6 is 0 Å². The van der Waals surface area contributed by atoms with Crippen LogP contribution in [0.5, 0.6) is 0 Å². The molecule has 0 amide bonds. The van der Waals surface area contributed by atoms with Gasteiger partial charge in [-0.2, -0.15) is 0 Å². The van der Waals surface area contributed by atoms with Gasteiger partial charge in [-0.05, 0) is 48.7 Å². The number of hydrogen-bond donors (Lipinski definition) is 0. The van der Waals surface area contributed by atoms with Gasteiger partial charge in [0.15, 0.2) is 17.3 Å². The lowest BCUT2D eigenvalue weighted by Gasteiger charge is -2.35. The Morgan fingerprint density at radius 3 is 2.00 bits per heavy atom. The third-order valence-electron chi connectivity index (χ3n) is 4.48. The molecule has 3 rings (SSSR count). The van der Waals surface area contributed by atoms with Crippen LogP contribution in [0.3, 0.4) is 0 Å². The summed E-state index contributed by atoms with van der Waals surface area (Å²) in [4.78, 5) is 37.2. The molecule has 0 unspecified atom stereocenters. The Balaban J connectivity index is 2.57. The molecule has 0 saturated heterocycles. The summed E-state index contributed by atoms with van der Waals surface area (Å²) in [7, 11) is 0. The zero-order valence-electron chi connectivity index (χ0n) is 12.8. The highest BCUT2D eigenvalue weighted by Crippen LogP contribution is 2.44. The summed E-state index contributed by atoms with van der Waals surface area (Å²) < 4.78 is 0. The Hall–Kier alpha value is -2.55. The van der Waals surface area contributed by atoms with Crippen molar-refractivity contribution < 1.29 is 14.4 Å². The van der Waals surface area contributed by atoms with Crippen LogP contribution in [-0.2, 0) is 19.8 Å². The topological polar surface area (TPSA) is 51.2 Å². The van der Waals surface area contributed by atoms with E-state index in [2.05, 4.69) is 0 Å². The Morgan fingerprint density at radius 1 is 0.864 bits per heavy atom. The summed E-state index contributed by atoms with van der Waals surface area (Å²) in [6.07, 6.45) is 1.69. The molecule has 0 fully saturated rings. The quantitative estimate of drug-likeness (QED) is 0.816. The number of rotatable bonds is 3. The van der Waals surface area contributed by atoms with E-state index in [1.807, 2.05) is 30.3 Å². The fourth-order valence-corrected chi connectivity index (χ4v) is 3.58. The minimum absolute atomic E-state index is 0.253. The standard InChI is InChI=1S/C19H16O3/c1-11(20)17-10-15-8-4-6-14-7-5-9-16(18(14)15)19(17,12(2)21)13(3)22/h4-10H,1-3H3. The molecule has 2 aromatic rings. The van der Waals surface area contributed by atoms with Crippen LogP contribution in [0, 0.1) is 0 Å². The molecule has 2 aromatic carbocycles. The van der Waals surface area contributed by atoms with Crippen molar-refractivity contribution in [3.05, 3.63) is 53.1 Å². The molecular weight excluding hydrogens is 276 g/mol. The van der Waals surface area contributed by atoms with Crippen LogP contribution in [0.25, 0.3) is 16.8 Å². The van der Waals surface area contributed by atoms with Crippen LogP contribution in [-0.4, -0.2) is 17.3 Å². The van der Waals surface area contributed by atoms with E-state index in [-0.39, 0.29) is 22.9 Å². The van der Waals surface area contributed by atoms with Crippen molar-refractivity contribution in [1.29, 1.82) is 0 Å². The van der Waals surface area contributed by atoms with Crippen molar-refractivity contribution in [2.75, 3.05) is 0 Å². The fraction of sp³-hybridized carbons (Fsp3) is 0.211. The first-order valence-electron chi connectivity index (χ1n) is 7.18. The Bertz CT molecular complexity index is 852. The number of allylic oxidation sites excluding steroid dienone is 1. The molecule has 0 bridgehead atoms. The summed E-state index contributed by atoms with van der Waals surface area (Å²) in [5.41, 5.74) is 0.267. The average molecular weight is 292 g/mol. The first kappa shape index (κ1) is 14.4. The van der Waals surface area contributed by atoms with Gasteiger partial charge >= 0.3 is 0 Å². The smallest absolute Gasteiger partial charge is 0.157 e. The molecule has 1 aliphatic rings. The molecule has 0 N–H and O–H groups in total. The highest BCUT2D eigenvalue weighted by Gasteiger charge is 2.50. The fourth-order valence-electron chi connectivity index (χ4n) is 3.58. The van der Waals surface area contributed by atoms with Gasteiger partial charge < -0.3 is 0 Å². The van der Waals surface area contributed by atoms with Gasteiger partial charge in [-0.1, -0.05) is 36.4 Å². The van der Waals surface area contributed by atoms with E-state index in [0.29, 0.717) is 5.56 Å². The van der Waals surface area contributed by atoms with E-state index in [9.17, 15) is 14.4 Å². The van der Waals surface area contributed by atoms with Gasteiger partial charge in [-0.15, -0.1) is 0 Å². The van der Waals surface area contributed by atoms with Crippen LogP contribution < -0.4 is 0 Å². The molecule has 22 heavy (non-hydrogen) atoms. The van der Waals surface area contributed by atoms with E-state index < -0.39 is 5.41 Å². The maximum atomic E-state index is 12.5. The third-order valence-corrected chi connectivity index (χ3v) is 4.48. The van der Waals surface area contributed by atoms with E-state index in [1.165, 1.54) is 20.8 Å². The summed E-state index contributed by atoms with van der Waals surface area (Å²) in [6.45, 7) is 4.16. The second-order valence-corrected chi connectivity index (χ2v) is 5.73. The number of Topliss-reactive ketones (excluding diaryl/α,β-unsaturated/α-hetero) is 3. The van der Waals surface area contributed by atoms with Gasteiger partial charge in [0.25, 0.3) is 0 Å². The van der Waals surface area contributed by atoms with Gasteiger partial charge in [0, 0.05) is 5.57 Å². The summed E-state index contributed by atoms with van der Waals surface area (Å²) in [5.74, 6) is -0.885. The molecule has 3 nitrogen and oxygen atoms in total. The van der Waals surface area contributed by atoms with Crippen molar-refractivity contribution in [2.45, 2.75) is 26.2 Å². The van der Waals surface area contributed by atoms with E-state index in [0.717, 1.165) is 16.3 Å². The second kappa shape index (κ2) is 4.73. The van der Waals surface area contributed by atoms with Gasteiger partial charge in [0.1, 0.15) is 5.41 Å². The molecular formula is C19H16O3. The molecule has 0 radical (unpaired) electrons. The SMILES string of the molecule is CC(=O)C1=Cc2cccc3cccc(c23)C1(C(C)=O)C(C)=O. The summed E-state index contributed by atoms with van der Waals surface area (Å²) in [5, 5.41) is 1.83. The molecule has 1 aliphatic carbocycles. The lowest BCUT2D eigenvalue weighted by Crippen LogP contribution is -2.46. The first-order chi connectivity index (χ1) is 10.4. The Labute approximate surface area is 128 Å². The maximum Gasteiger partial charge on any atom is 0.157 e. The minimum atomic E-state index is -1.49. The largest absolute Gasteiger partial charge is 0.298 e. The summed E-state index contributed by atoms with van der Waals surface area (Å²) >= 11 is 0. The average Bonchev–Trinajstić information content (AvgIpc) is 2.46. The monoisotopic (exact) mass is 292 g/mol. The maximum absolute atomic E-state index is 12.5. The lowest BCUT2D eigenvalue weighted by atomic mass is 9.63. The minimum Gasteiger partial charge on any atom is -0.298 e. The zero-order chi connectivity index (χ0) is 16.1. The third kappa shape index (κ3) is 1.65. The molecule has 110 valence electrons.